The maximum absolute atomic E-state index is 12.7. The Morgan fingerprint density at radius 1 is 1.18 bits per heavy atom. The Morgan fingerprint density at radius 2 is 1.86 bits per heavy atom. The second-order valence-electron chi connectivity index (χ2n) is 6.02. The predicted octanol–water partition coefficient (Wildman–Crippen LogP) is 3.84. The second-order valence-corrected chi connectivity index (χ2v) is 6.89. The number of hydrogen-bond donors (Lipinski definition) is 1. The second kappa shape index (κ2) is 8.03. The van der Waals surface area contributed by atoms with Gasteiger partial charge in [-0.05, 0) is 48.9 Å². The summed E-state index contributed by atoms with van der Waals surface area (Å²) in [6, 6.07) is 10.2. The predicted molar refractivity (Wildman–Crippen MR) is 104 cm³/mol. The molecule has 1 aliphatic heterocycles. The molecule has 2 amide bonds. The third kappa shape index (κ3) is 3.73. The van der Waals surface area contributed by atoms with Crippen molar-refractivity contribution in [2.75, 3.05) is 13.2 Å². The smallest absolute Gasteiger partial charge is 0.271 e. The molecule has 8 heteroatoms. The Hall–Kier alpha value is -2.85. The molecule has 0 fully saturated rings. The summed E-state index contributed by atoms with van der Waals surface area (Å²) in [6.45, 7) is 0.928. The summed E-state index contributed by atoms with van der Waals surface area (Å²) < 4.78 is 5.77. The van der Waals surface area contributed by atoms with Gasteiger partial charge in [-0.25, -0.2) is 0 Å². The van der Waals surface area contributed by atoms with Gasteiger partial charge in [0.05, 0.1) is 13.2 Å². The molecule has 1 N–H and O–H groups in total. The summed E-state index contributed by atoms with van der Waals surface area (Å²) in [5, 5.41) is 19.3. The Kier molecular flexibility index (Phi) is 5.71. The largest absolute Gasteiger partial charge is 0.457 e. The number of hydrogen-bond acceptors (Lipinski definition) is 5. The van der Waals surface area contributed by atoms with Crippen LogP contribution in [0.3, 0.4) is 0 Å². The number of carbonyl (C=O) groups excluding carboxylic acids is 2. The van der Waals surface area contributed by atoms with Crippen molar-refractivity contribution >= 4 is 41.1 Å². The van der Waals surface area contributed by atoms with Crippen LogP contribution in [-0.2, 0) is 9.59 Å². The lowest BCUT2D eigenvalue weighted by Gasteiger charge is -2.26. The van der Waals surface area contributed by atoms with Crippen LogP contribution in [0.5, 0.6) is 0 Å². The minimum Gasteiger partial charge on any atom is -0.457 e. The molecular weight excluding hydrogens is 403 g/mol. The van der Waals surface area contributed by atoms with Crippen molar-refractivity contribution in [1.29, 1.82) is 5.26 Å². The summed E-state index contributed by atoms with van der Waals surface area (Å²) >= 11 is 12.0. The van der Waals surface area contributed by atoms with Crippen molar-refractivity contribution in [3.8, 4) is 17.4 Å². The lowest BCUT2D eigenvalue weighted by atomic mass is 9.95. The Labute approximate surface area is 170 Å². The van der Waals surface area contributed by atoms with Crippen LogP contribution in [0.15, 0.2) is 51.5 Å². The first-order valence-corrected chi connectivity index (χ1v) is 8.97. The van der Waals surface area contributed by atoms with Crippen molar-refractivity contribution in [3.05, 3.63) is 62.9 Å². The lowest BCUT2D eigenvalue weighted by molar-refractivity contribution is -0.140. The van der Waals surface area contributed by atoms with E-state index in [1.54, 1.807) is 30.3 Å². The van der Waals surface area contributed by atoms with E-state index in [9.17, 15) is 14.9 Å². The highest BCUT2D eigenvalue weighted by molar-refractivity contribution is 6.35. The number of amides is 2. The number of benzene rings is 1. The zero-order valence-electron chi connectivity index (χ0n) is 14.7. The third-order valence-corrected chi connectivity index (χ3v) is 4.65. The van der Waals surface area contributed by atoms with E-state index in [4.69, 9.17) is 32.7 Å². The van der Waals surface area contributed by atoms with Gasteiger partial charge >= 0.3 is 0 Å². The van der Waals surface area contributed by atoms with Gasteiger partial charge in [0.25, 0.3) is 11.8 Å². The molecule has 1 aromatic heterocycles. The summed E-state index contributed by atoms with van der Waals surface area (Å²) in [6.07, 6.45) is 1.46. The molecule has 0 saturated carbocycles. The van der Waals surface area contributed by atoms with E-state index in [1.807, 2.05) is 6.07 Å². The summed E-state index contributed by atoms with van der Waals surface area (Å²) in [5.74, 6) is -0.474. The molecule has 28 heavy (non-hydrogen) atoms. The molecule has 0 aliphatic carbocycles. The molecule has 3 rings (SSSR count). The molecule has 0 atom stereocenters. The van der Waals surface area contributed by atoms with Crippen molar-refractivity contribution in [2.45, 2.75) is 6.92 Å². The zero-order valence-corrected chi connectivity index (χ0v) is 16.2. The lowest BCUT2D eigenvalue weighted by Crippen LogP contribution is -2.44. The van der Waals surface area contributed by atoms with Crippen LogP contribution in [0.2, 0.25) is 10.0 Å². The van der Waals surface area contributed by atoms with Crippen LogP contribution < -0.4 is 0 Å². The molecule has 0 bridgehead atoms. The molecule has 1 aromatic carbocycles. The van der Waals surface area contributed by atoms with Gasteiger partial charge in [0.1, 0.15) is 23.2 Å². The summed E-state index contributed by atoms with van der Waals surface area (Å²) in [7, 11) is 0. The van der Waals surface area contributed by atoms with Crippen molar-refractivity contribution < 1.29 is 19.1 Å². The fraction of sp³-hybridized carbons (Fsp3) is 0.150. The highest BCUT2D eigenvalue weighted by Crippen LogP contribution is 2.31. The third-order valence-electron chi connectivity index (χ3n) is 4.21. The fourth-order valence-corrected chi connectivity index (χ4v) is 3.38. The number of nitriles is 1. The van der Waals surface area contributed by atoms with Gasteiger partial charge in [0, 0.05) is 21.2 Å². The molecule has 2 heterocycles. The normalized spacial score (nSPS) is 16.1. The molecule has 0 spiro atoms. The number of halogens is 2. The van der Waals surface area contributed by atoms with Crippen LogP contribution in [-0.4, -0.2) is 35.0 Å². The highest BCUT2D eigenvalue weighted by Gasteiger charge is 2.35. The minimum atomic E-state index is -0.718. The Morgan fingerprint density at radius 3 is 2.46 bits per heavy atom. The Balaban J connectivity index is 2.04. The number of aliphatic hydroxyl groups excluding tert-OH is 1. The van der Waals surface area contributed by atoms with Crippen molar-refractivity contribution in [1.82, 2.24) is 4.90 Å². The van der Waals surface area contributed by atoms with Gasteiger partial charge in [0.15, 0.2) is 0 Å². The van der Waals surface area contributed by atoms with E-state index in [0.29, 0.717) is 27.1 Å². The van der Waals surface area contributed by atoms with E-state index >= 15 is 0 Å². The van der Waals surface area contributed by atoms with E-state index in [1.165, 1.54) is 13.0 Å². The number of imide groups is 1. The standard InChI is InChI=1S/C20H14Cl2N2O4/c1-11-16(19(26)24(4-5-25)20(27)17(11)10-23)9-15-2-3-18(28-15)12-6-13(21)8-14(22)7-12/h2-3,6-9,25H,4-5H2,1H3/b16-9+. The fourth-order valence-electron chi connectivity index (χ4n) is 2.86. The topological polar surface area (TPSA) is 94.5 Å². The number of carbonyl (C=O) groups is 2. The van der Waals surface area contributed by atoms with Crippen LogP contribution in [0, 0.1) is 11.3 Å². The van der Waals surface area contributed by atoms with Gasteiger partial charge in [-0.3, -0.25) is 14.5 Å². The minimum absolute atomic E-state index is 0.146. The molecule has 142 valence electrons. The molecule has 6 nitrogen and oxygen atoms in total. The highest BCUT2D eigenvalue weighted by atomic mass is 35.5. The van der Waals surface area contributed by atoms with Crippen LogP contribution in [0.25, 0.3) is 17.4 Å². The summed E-state index contributed by atoms with van der Waals surface area (Å²) in [5.41, 5.74) is 0.928. The van der Waals surface area contributed by atoms with Crippen LogP contribution in [0.4, 0.5) is 0 Å². The average molecular weight is 417 g/mol. The molecule has 0 saturated heterocycles. The van der Waals surface area contributed by atoms with Crippen LogP contribution >= 0.6 is 23.2 Å². The number of aliphatic hydroxyl groups is 1. The van der Waals surface area contributed by atoms with Gasteiger partial charge in [0.2, 0.25) is 0 Å². The van der Waals surface area contributed by atoms with Gasteiger partial charge < -0.3 is 9.52 Å². The number of β-amino-alcohol motifs (C(OH)–C–C–N with tert-alkyl or cyclic N) is 1. The van der Waals surface area contributed by atoms with E-state index in [0.717, 1.165) is 4.90 Å². The number of rotatable bonds is 4. The van der Waals surface area contributed by atoms with E-state index < -0.39 is 18.4 Å². The number of nitrogens with zero attached hydrogens (tertiary/aromatic N) is 2. The zero-order chi connectivity index (χ0) is 20.4. The van der Waals surface area contributed by atoms with Gasteiger partial charge in [-0.15, -0.1) is 0 Å². The average Bonchev–Trinajstić information content (AvgIpc) is 3.11. The first kappa shape index (κ1) is 19.9. The molecule has 0 radical (unpaired) electrons. The number of furan rings is 1. The van der Waals surface area contributed by atoms with Crippen LogP contribution in [0.1, 0.15) is 12.7 Å². The van der Waals surface area contributed by atoms with Gasteiger partial charge in [-0.2, -0.15) is 5.26 Å². The van der Waals surface area contributed by atoms with Crippen molar-refractivity contribution in [3.63, 3.8) is 0 Å². The maximum Gasteiger partial charge on any atom is 0.271 e. The SMILES string of the molecule is CC1=C(C#N)C(=O)N(CCO)C(=O)/C1=C/c1ccc(-c2cc(Cl)cc(Cl)c2)o1. The first-order chi connectivity index (χ1) is 13.3. The van der Waals surface area contributed by atoms with Gasteiger partial charge in [-0.1, -0.05) is 23.2 Å². The monoisotopic (exact) mass is 416 g/mol. The Bertz CT molecular complexity index is 1060. The van der Waals surface area contributed by atoms with Crippen molar-refractivity contribution in [2.24, 2.45) is 0 Å². The molecule has 2 aromatic rings. The molecule has 1 aliphatic rings. The van der Waals surface area contributed by atoms with E-state index in [2.05, 4.69) is 0 Å². The first-order valence-electron chi connectivity index (χ1n) is 8.22. The molecule has 0 unspecified atom stereocenters. The maximum atomic E-state index is 12.7. The molecular formula is C20H14Cl2N2O4. The summed E-state index contributed by atoms with van der Waals surface area (Å²) in [4.78, 5) is 25.8. The quantitative estimate of drug-likeness (QED) is 0.603. The van der Waals surface area contributed by atoms with E-state index in [-0.39, 0.29) is 23.3 Å².